The number of carbonyl (C=O) groups excluding carboxylic acids is 2. The van der Waals surface area contributed by atoms with E-state index in [1.807, 2.05) is 24.4 Å². The molecule has 1 aromatic heterocycles. The molecule has 1 unspecified atom stereocenters. The Hall–Kier alpha value is -1.62. The predicted octanol–water partition coefficient (Wildman–Crippen LogP) is 3.08. The third-order valence-electron chi connectivity index (χ3n) is 3.37. The second kappa shape index (κ2) is 5.79. The summed E-state index contributed by atoms with van der Waals surface area (Å²) in [6.07, 6.45) is 0.782. The van der Waals surface area contributed by atoms with Crippen LogP contribution in [0.3, 0.4) is 0 Å². The van der Waals surface area contributed by atoms with Crippen LogP contribution in [0.2, 0.25) is 0 Å². The Morgan fingerprint density at radius 2 is 2.20 bits per heavy atom. The normalized spacial score (nSPS) is 19.3. The second-order valence-electron chi connectivity index (χ2n) is 5.20. The summed E-state index contributed by atoms with van der Waals surface area (Å²) in [5.74, 6) is -1.22. The SMILES string of the molecule is CCCN1C(=O)C(O)=C(C(=O)C(C)C)C1c1cccs1. The van der Waals surface area contributed by atoms with Gasteiger partial charge >= 0.3 is 0 Å². The molecule has 1 atom stereocenters. The van der Waals surface area contributed by atoms with Gasteiger partial charge in [0.25, 0.3) is 5.91 Å². The van der Waals surface area contributed by atoms with Gasteiger partial charge in [0.05, 0.1) is 11.6 Å². The molecule has 0 aliphatic carbocycles. The average Bonchev–Trinajstić information content (AvgIpc) is 3.00. The van der Waals surface area contributed by atoms with Crippen LogP contribution in [-0.4, -0.2) is 28.2 Å². The quantitative estimate of drug-likeness (QED) is 0.907. The molecular weight excluding hydrogens is 274 g/mol. The molecule has 1 aromatic rings. The van der Waals surface area contributed by atoms with Crippen molar-refractivity contribution in [2.45, 2.75) is 33.2 Å². The molecule has 1 aliphatic heterocycles. The van der Waals surface area contributed by atoms with Crippen LogP contribution in [0.15, 0.2) is 28.8 Å². The molecule has 1 amide bonds. The van der Waals surface area contributed by atoms with Crippen molar-refractivity contribution in [2.75, 3.05) is 6.54 Å². The fraction of sp³-hybridized carbons (Fsp3) is 0.467. The molecule has 0 aromatic carbocycles. The molecular formula is C15H19NO3S. The van der Waals surface area contributed by atoms with Crippen molar-refractivity contribution in [1.29, 1.82) is 0 Å². The summed E-state index contributed by atoms with van der Waals surface area (Å²) in [6.45, 7) is 6.06. The van der Waals surface area contributed by atoms with Gasteiger partial charge in [0.2, 0.25) is 0 Å². The maximum absolute atomic E-state index is 12.4. The molecule has 0 spiro atoms. The number of aliphatic hydroxyl groups excluding tert-OH is 1. The minimum Gasteiger partial charge on any atom is -0.503 e. The maximum Gasteiger partial charge on any atom is 0.290 e. The molecule has 108 valence electrons. The van der Waals surface area contributed by atoms with Crippen molar-refractivity contribution in [2.24, 2.45) is 5.92 Å². The number of aliphatic hydroxyl groups is 1. The Labute approximate surface area is 122 Å². The maximum atomic E-state index is 12.4. The summed E-state index contributed by atoms with van der Waals surface area (Å²) in [7, 11) is 0. The number of carbonyl (C=O) groups is 2. The van der Waals surface area contributed by atoms with Gasteiger partial charge in [-0.05, 0) is 17.9 Å². The number of nitrogens with zero attached hydrogens (tertiary/aromatic N) is 1. The van der Waals surface area contributed by atoms with Crippen LogP contribution in [-0.2, 0) is 9.59 Å². The molecule has 1 aliphatic rings. The Morgan fingerprint density at radius 3 is 2.70 bits per heavy atom. The highest BCUT2D eigenvalue weighted by Crippen LogP contribution is 2.40. The molecule has 20 heavy (non-hydrogen) atoms. The van der Waals surface area contributed by atoms with Crippen LogP contribution in [0.4, 0.5) is 0 Å². The molecule has 0 radical (unpaired) electrons. The number of thiophene rings is 1. The van der Waals surface area contributed by atoms with Gasteiger partial charge in [-0.3, -0.25) is 9.59 Å². The van der Waals surface area contributed by atoms with Crippen molar-refractivity contribution in [3.8, 4) is 0 Å². The zero-order valence-electron chi connectivity index (χ0n) is 11.9. The molecule has 0 bridgehead atoms. The highest BCUT2D eigenvalue weighted by molar-refractivity contribution is 7.10. The third-order valence-corrected chi connectivity index (χ3v) is 4.30. The van der Waals surface area contributed by atoms with Gasteiger partial charge in [0.1, 0.15) is 0 Å². The van der Waals surface area contributed by atoms with Crippen molar-refractivity contribution >= 4 is 23.0 Å². The van der Waals surface area contributed by atoms with Crippen LogP contribution in [0.1, 0.15) is 38.1 Å². The molecule has 2 rings (SSSR count). The van der Waals surface area contributed by atoms with Gasteiger partial charge in [-0.2, -0.15) is 0 Å². The lowest BCUT2D eigenvalue weighted by atomic mass is 9.95. The summed E-state index contributed by atoms with van der Waals surface area (Å²) in [5.41, 5.74) is 0.251. The Balaban J connectivity index is 2.49. The molecule has 1 N–H and O–H groups in total. The zero-order valence-corrected chi connectivity index (χ0v) is 12.7. The Morgan fingerprint density at radius 1 is 1.50 bits per heavy atom. The summed E-state index contributed by atoms with van der Waals surface area (Å²) in [6, 6.07) is 3.36. The highest BCUT2D eigenvalue weighted by Gasteiger charge is 2.43. The van der Waals surface area contributed by atoms with E-state index < -0.39 is 11.9 Å². The van der Waals surface area contributed by atoms with Gasteiger partial charge in [-0.25, -0.2) is 0 Å². The first kappa shape index (κ1) is 14.8. The minimum atomic E-state index is -0.436. The lowest BCUT2D eigenvalue weighted by Crippen LogP contribution is -2.31. The van der Waals surface area contributed by atoms with E-state index in [9.17, 15) is 14.7 Å². The number of amides is 1. The first-order chi connectivity index (χ1) is 9.49. The van der Waals surface area contributed by atoms with Crippen molar-refractivity contribution < 1.29 is 14.7 Å². The molecule has 2 heterocycles. The van der Waals surface area contributed by atoms with Crippen LogP contribution < -0.4 is 0 Å². The summed E-state index contributed by atoms with van der Waals surface area (Å²) in [5, 5.41) is 12.0. The Kier molecular flexibility index (Phi) is 4.28. The van der Waals surface area contributed by atoms with Crippen molar-refractivity contribution in [3.63, 3.8) is 0 Å². The van der Waals surface area contributed by atoms with Crippen molar-refractivity contribution in [1.82, 2.24) is 4.90 Å². The number of hydrogen-bond acceptors (Lipinski definition) is 4. The fourth-order valence-electron chi connectivity index (χ4n) is 2.43. The van der Waals surface area contributed by atoms with E-state index in [1.54, 1.807) is 18.7 Å². The van der Waals surface area contributed by atoms with Gasteiger partial charge < -0.3 is 10.0 Å². The number of rotatable bonds is 5. The standard InChI is InChI=1S/C15H19NO3S/c1-4-7-16-12(10-6-5-8-20-10)11(13(17)9(2)3)14(18)15(16)19/h5-6,8-9,12,18H,4,7H2,1-3H3. The van der Waals surface area contributed by atoms with E-state index >= 15 is 0 Å². The van der Waals surface area contributed by atoms with Crippen LogP contribution >= 0.6 is 11.3 Å². The minimum absolute atomic E-state index is 0.159. The summed E-state index contributed by atoms with van der Waals surface area (Å²) < 4.78 is 0. The van der Waals surface area contributed by atoms with E-state index in [-0.39, 0.29) is 23.0 Å². The van der Waals surface area contributed by atoms with E-state index in [4.69, 9.17) is 0 Å². The molecule has 5 heteroatoms. The summed E-state index contributed by atoms with van der Waals surface area (Å²) in [4.78, 5) is 27.1. The first-order valence-corrected chi connectivity index (χ1v) is 7.68. The van der Waals surface area contributed by atoms with Crippen LogP contribution in [0, 0.1) is 5.92 Å². The van der Waals surface area contributed by atoms with Crippen molar-refractivity contribution in [3.05, 3.63) is 33.7 Å². The molecule has 0 fully saturated rings. The van der Waals surface area contributed by atoms with Gasteiger partial charge in [0.15, 0.2) is 11.5 Å². The predicted molar refractivity (Wildman–Crippen MR) is 78.6 cm³/mol. The zero-order chi connectivity index (χ0) is 14.9. The molecule has 0 saturated carbocycles. The van der Waals surface area contributed by atoms with E-state index in [0.717, 1.165) is 11.3 Å². The van der Waals surface area contributed by atoms with Gasteiger partial charge in [-0.15, -0.1) is 11.3 Å². The van der Waals surface area contributed by atoms with Crippen LogP contribution in [0.25, 0.3) is 0 Å². The third kappa shape index (κ3) is 2.38. The first-order valence-electron chi connectivity index (χ1n) is 6.80. The van der Waals surface area contributed by atoms with Crippen LogP contribution in [0.5, 0.6) is 0 Å². The highest BCUT2D eigenvalue weighted by atomic mass is 32.1. The lowest BCUT2D eigenvalue weighted by Gasteiger charge is -2.25. The largest absolute Gasteiger partial charge is 0.503 e. The number of ketones is 1. The van der Waals surface area contributed by atoms with Gasteiger partial charge in [0, 0.05) is 17.3 Å². The average molecular weight is 293 g/mol. The molecule has 4 nitrogen and oxygen atoms in total. The lowest BCUT2D eigenvalue weighted by molar-refractivity contribution is -0.129. The van der Waals surface area contributed by atoms with Gasteiger partial charge in [-0.1, -0.05) is 26.8 Å². The number of hydrogen-bond donors (Lipinski definition) is 1. The van der Waals surface area contributed by atoms with E-state index in [1.165, 1.54) is 11.3 Å². The smallest absolute Gasteiger partial charge is 0.290 e. The topological polar surface area (TPSA) is 57.6 Å². The van der Waals surface area contributed by atoms with E-state index in [2.05, 4.69) is 0 Å². The van der Waals surface area contributed by atoms with E-state index in [0.29, 0.717) is 6.54 Å². The fourth-order valence-corrected chi connectivity index (χ4v) is 3.28. The Bertz CT molecular complexity index is 545. The molecule has 0 saturated heterocycles. The summed E-state index contributed by atoms with van der Waals surface area (Å²) >= 11 is 1.50. The second-order valence-corrected chi connectivity index (χ2v) is 6.18. The number of Topliss-reactive ketones (excluding diaryl/α,β-unsaturated/α-hetero) is 1. The monoisotopic (exact) mass is 293 g/mol.